The summed E-state index contributed by atoms with van der Waals surface area (Å²) in [4.78, 5) is 46.1. The zero-order chi connectivity index (χ0) is 30.4. The second-order valence-corrected chi connectivity index (χ2v) is 11.4. The molecule has 4 aromatic carbocycles. The maximum absolute atomic E-state index is 14.9. The Hall–Kier alpha value is -5.17. The van der Waals surface area contributed by atoms with Gasteiger partial charge in [-0.15, -0.1) is 0 Å². The lowest BCUT2D eigenvalue weighted by atomic mass is 9.62. The van der Waals surface area contributed by atoms with E-state index in [4.69, 9.17) is 9.47 Å². The van der Waals surface area contributed by atoms with Gasteiger partial charge in [0.05, 0.1) is 25.7 Å². The number of carbonyl (C=O) groups excluding carboxylic acids is 3. The molecule has 1 N–H and O–H groups in total. The van der Waals surface area contributed by atoms with Crippen molar-refractivity contribution in [3.05, 3.63) is 131 Å². The van der Waals surface area contributed by atoms with Crippen molar-refractivity contribution in [1.82, 2.24) is 4.90 Å². The monoisotopic (exact) mass is 584 g/mol. The molecule has 0 aromatic heterocycles. The van der Waals surface area contributed by atoms with Gasteiger partial charge < -0.3 is 19.7 Å². The van der Waals surface area contributed by atoms with Crippen molar-refractivity contribution in [3.63, 3.8) is 0 Å². The molecule has 1 fully saturated rings. The quantitative estimate of drug-likeness (QED) is 0.239. The van der Waals surface area contributed by atoms with Crippen LogP contribution in [0.5, 0.6) is 11.5 Å². The van der Waals surface area contributed by atoms with Crippen LogP contribution in [0.3, 0.4) is 0 Å². The van der Waals surface area contributed by atoms with Crippen LogP contribution in [0.1, 0.15) is 56.8 Å². The van der Waals surface area contributed by atoms with Crippen molar-refractivity contribution < 1.29 is 23.9 Å². The Morgan fingerprint density at radius 3 is 2.23 bits per heavy atom. The smallest absolute Gasteiger partial charge is 0.238 e. The second-order valence-electron chi connectivity index (χ2n) is 11.4. The first kappa shape index (κ1) is 27.7. The van der Waals surface area contributed by atoms with Gasteiger partial charge in [-0.1, -0.05) is 49.4 Å². The molecule has 7 nitrogen and oxygen atoms in total. The van der Waals surface area contributed by atoms with Gasteiger partial charge in [0.25, 0.3) is 0 Å². The van der Waals surface area contributed by atoms with Gasteiger partial charge in [-0.05, 0) is 83.8 Å². The maximum atomic E-state index is 14.9. The van der Waals surface area contributed by atoms with Gasteiger partial charge in [0.1, 0.15) is 23.0 Å². The highest BCUT2D eigenvalue weighted by Gasteiger charge is 2.70. The Labute approximate surface area is 256 Å². The third-order valence-electron chi connectivity index (χ3n) is 9.11. The zero-order valence-electron chi connectivity index (χ0n) is 24.5. The number of amides is 1. The van der Waals surface area contributed by atoms with Crippen molar-refractivity contribution >= 4 is 29.2 Å². The number of ether oxygens (including phenoxy) is 2. The van der Waals surface area contributed by atoms with Crippen molar-refractivity contribution in [2.45, 2.75) is 30.8 Å². The summed E-state index contributed by atoms with van der Waals surface area (Å²) in [5.41, 5.74) is 2.70. The zero-order valence-corrected chi connectivity index (χ0v) is 24.5. The standard InChI is InChI=1S/C37H32N2O5/c1-3-22-44-27-18-14-24(15-19-27)33(40)31-32(34(41)25-12-16-26(43-2)17-13-25)39-21-20-23-8-4-5-9-28(23)35(39)37(31)29-10-6-7-11-30(29)38-36(37)42/h4-21,31-32,35H,3,22H2,1-2H3,(H,38,42)/t31-,32-,35+,37+/m0/s1. The van der Waals surface area contributed by atoms with Crippen molar-refractivity contribution in [1.29, 1.82) is 0 Å². The maximum Gasteiger partial charge on any atom is 0.238 e. The second kappa shape index (κ2) is 10.8. The Bertz CT molecular complexity index is 1800. The normalized spacial score (nSPS) is 22.6. The van der Waals surface area contributed by atoms with Gasteiger partial charge in [0.2, 0.25) is 5.91 Å². The minimum atomic E-state index is -1.38. The van der Waals surface area contributed by atoms with Gasteiger partial charge in [0.15, 0.2) is 11.6 Å². The fourth-order valence-corrected chi connectivity index (χ4v) is 7.21. The molecule has 0 unspecified atom stereocenters. The van der Waals surface area contributed by atoms with Crippen molar-refractivity contribution in [2.75, 3.05) is 19.0 Å². The van der Waals surface area contributed by atoms with Crippen LogP contribution in [0, 0.1) is 5.92 Å². The van der Waals surface area contributed by atoms with E-state index in [1.807, 2.05) is 72.6 Å². The van der Waals surface area contributed by atoms with E-state index in [0.717, 1.165) is 23.1 Å². The number of ketones is 2. The molecule has 4 aromatic rings. The summed E-state index contributed by atoms with van der Waals surface area (Å²) in [6.07, 6.45) is 4.70. The Kier molecular flexibility index (Phi) is 6.81. The van der Waals surface area contributed by atoms with E-state index < -0.39 is 23.4 Å². The summed E-state index contributed by atoms with van der Waals surface area (Å²) < 4.78 is 11.1. The molecule has 44 heavy (non-hydrogen) atoms. The molecule has 0 aliphatic carbocycles. The molecule has 0 saturated carbocycles. The number of hydrogen-bond acceptors (Lipinski definition) is 6. The number of para-hydroxylation sites is 1. The van der Waals surface area contributed by atoms with E-state index in [0.29, 0.717) is 34.9 Å². The topological polar surface area (TPSA) is 84.9 Å². The number of methoxy groups -OCH3 is 1. The minimum absolute atomic E-state index is 0.239. The summed E-state index contributed by atoms with van der Waals surface area (Å²) in [5, 5.41) is 3.09. The molecule has 1 spiro atoms. The van der Waals surface area contributed by atoms with Crippen LogP contribution in [0.2, 0.25) is 0 Å². The largest absolute Gasteiger partial charge is 0.497 e. The first-order valence-electron chi connectivity index (χ1n) is 14.9. The SMILES string of the molecule is CCCOc1ccc(C(=O)[C@@H]2[C@@H](C(=O)c3ccc(OC)cc3)N3C=Cc4ccccc4[C@@H]3[C@]23C(=O)Nc2ccccc23)cc1. The predicted molar refractivity (Wildman–Crippen MR) is 168 cm³/mol. The van der Waals surface area contributed by atoms with Gasteiger partial charge in [-0.25, -0.2) is 0 Å². The van der Waals surface area contributed by atoms with Crippen LogP contribution in [0.25, 0.3) is 6.08 Å². The third kappa shape index (κ3) is 4.07. The summed E-state index contributed by atoms with van der Waals surface area (Å²) >= 11 is 0. The van der Waals surface area contributed by atoms with Crippen molar-refractivity contribution in [3.8, 4) is 11.5 Å². The van der Waals surface area contributed by atoms with Crippen LogP contribution >= 0.6 is 0 Å². The molecule has 1 amide bonds. The van der Waals surface area contributed by atoms with Crippen LogP contribution in [0.15, 0.2) is 103 Å². The van der Waals surface area contributed by atoms with Gasteiger partial charge in [0, 0.05) is 23.0 Å². The summed E-state index contributed by atoms with van der Waals surface area (Å²) in [6, 6.07) is 27.8. The van der Waals surface area contributed by atoms with E-state index in [1.54, 1.807) is 55.6 Å². The highest BCUT2D eigenvalue weighted by molar-refractivity contribution is 6.16. The van der Waals surface area contributed by atoms with E-state index >= 15 is 0 Å². The van der Waals surface area contributed by atoms with E-state index in [2.05, 4.69) is 5.32 Å². The summed E-state index contributed by atoms with van der Waals surface area (Å²) in [7, 11) is 1.57. The average Bonchev–Trinajstić information content (AvgIpc) is 3.55. The van der Waals surface area contributed by atoms with E-state index in [9.17, 15) is 14.4 Å². The highest BCUT2D eigenvalue weighted by atomic mass is 16.5. The highest BCUT2D eigenvalue weighted by Crippen LogP contribution is 2.62. The molecule has 0 bridgehead atoms. The van der Waals surface area contributed by atoms with Crippen LogP contribution in [-0.4, -0.2) is 42.1 Å². The fraction of sp³-hybridized carbons (Fsp3) is 0.216. The van der Waals surface area contributed by atoms with Crippen LogP contribution in [-0.2, 0) is 10.2 Å². The lowest BCUT2D eigenvalue weighted by Gasteiger charge is -2.38. The average molecular weight is 585 g/mol. The molecule has 0 radical (unpaired) electrons. The van der Waals surface area contributed by atoms with Gasteiger partial charge in [-0.3, -0.25) is 14.4 Å². The molecule has 220 valence electrons. The molecular weight excluding hydrogens is 552 g/mol. The molecule has 7 rings (SSSR count). The lowest BCUT2D eigenvalue weighted by Crippen LogP contribution is -2.49. The summed E-state index contributed by atoms with van der Waals surface area (Å²) in [5.74, 6) is -0.554. The fourth-order valence-electron chi connectivity index (χ4n) is 7.21. The number of nitrogens with one attached hydrogen (secondary N) is 1. The lowest BCUT2D eigenvalue weighted by molar-refractivity contribution is -0.122. The molecular formula is C37H32N2O5. The Morgan fingerprint density at radius 2 is 1.50 bits per heavy atom. The van der Waals surface area contributed by atoms with E-state index in [1.165, 1.54) is 0 Å². The van der Waals surface area contributed by atoms with Crippen LogP contribution < -0.4 is 14.8 Å². The first-order chi connectivity index (χ1) is 21.5. The molecule has 4 atom stereocenters. The molecule has 3 aliphatic heterocycles. The number of nitrogens with zero attached hydrogens (tertiary/aromatic N) is 1. The molecule has 3 heterocycles. The predicted octanol–water partition coefficient (Wildman–Crippen LogP) is 6.47. The van der Waals surface area contributed by atoms with Crippen molar-refractivity contribution in [2.24, 2.45) is 5.92 Å². The number of Topliss-reactive ketones (excluding diaryl/α,β-unsaturated/α-hetero) is 2. The van der Waals surface area contributed by atoms with Gasteiger partial charge in [-0.2, -0.15) is 0 Å². The van der Waals surface area contributed by atoms with Gasteiger partial charge >= 0.3 is 0 Å². The van der Waals surface area contributed by atoms with E-state index in [-0.39, 0.29) is 17.5 Å². The number of hydrogen-bond donors (Lipinski definition) is 1. The number of carbonyl (C=O) groups is 3. The minimum Gasteiger partial charge on any atom is -0.497 e. The first-order valence-corrected chi connectivity index (χ1v) is 14.9. The number of fused-ring (bicyclic) bond motifs is 6. The molecule has 7 heteroatoms. The Morgan fingerprint density at radius 1 is 0.841 bits per heavy atom. The molecule has 3 aliphatic rings. The number of rotatable bonds is 8. The number of benzene rings is 4. The summed E-state index contributed by atoms with van der Waals surface area (Å²) in [6.45, 7) is 2.60. The molecule has 1 saturated heterocycles. The Balaban J connectivity index is 1.46. The third-order valence-corrected chi connectivity index (χ3v) is 9.11. The number of anilines is 1. The van der Waals surface area contributed by atoms with Crippen LogP contribution in [0.4, 0.5) is 5.69 Å².